The Balaban J connectivity index is 1.78. The van der Waals surface area contributed by atoms with Gasteiger partial charge in [0.2, 0.25) is 5.96 Å². The molecular weight excluding hydrogens is 321 g/mol. The summed E-state index contributed by atoms with van der Waals surface area (Å²) in [5, 5.41) is 16.7. The van der Waals surface area contributed by atoms with Crippen LogP contribution in [0.2, 0.25) is 0 Å². The molecule has 6 nitrogen and oxygen atoms in total. The minimum atomic E-state index is -0.330. The van der Waals surface area contributed by atoms with Gasteiger partial charge < -0.3 is 9.80 Å². The van der Waals surface area contributed by atoms with E-state index in [-0.39, 0.29) is 23.5 Å². The molecule has 1 aromatic carbocycles. The highest BCUT2D eigenvalue weighted by Gasteiger charge is 2.26. The number of nitrogens with zero attached hydrogens (tertiary/aromatic N) is 4. The van der Waals surface area contributed by atoms with E-state index >= 15 is 0 Å². The molecule has 1 aliphatic rings. The molecule has 1 N–H and O–H groups in total. The van der Waals surface area contributed by atoms with E-state index in [1.54, 1.807) is 31.1 Å². The minimum Gasteiger partial charge on any atom is -0.344 e. The highest BCUT2D eigenvalue weighted by atomic mass is 19.1. The Morgan fingerprint density at radius 3 is 2.48 bits per heavy atom. The number of guanidine groups is 1. The molecule has 1 aromatic rings. The fourth-order valence-corrected chi connectivity index (χ4v) is 2.97. The summed E-state index contributed by atoms with van der Waals surface area (Å²) in [6.45, 7) is 3.09. The van der Waals surface area contributed by atoms with Crippen LogP contribution in [-0.4, -0.2) is 66.7 Å². The molecule has 0 bridgehead atoms. The second-order valence-electron chi connectivity index (χ2n) is 6.39. The van der Waals surface area contributed by atoms with E-state index in [2.05, 4.69) is 4.90 Å². The molecule has 2 rings (SSSR count). The number of nitriles is 1. The Kier molecular flexibility index (Phi) is 6.48. The third-order valence-corrected chi connectivity index (χ3v) is 4.67. The van der Waals surface area contributed by atoms with Crippen LogP contribution in [0, 0.1) is 28.6 Å². The molecule has 1 aliphatic heterocycles. The standard InChI is InChI=1S/C18H24FN5O/c1-22(18(21)23(2)13-20)11-12-24-9-7-15(8-10-24)17(25)14-3-5-16(19)6-4-14/h3-6,15,21H,7-12H2,1-2H3. The molecular formula is C18H24FN5O. The third-order valence-electron chi connectivity index (χ3n) is 4.67. The van der Waals surface area contributed by atoms with Gasteiger partial charge in [-0.2, -0.15) is 5.26 Å². The number of hydrogen-bond donors (Lipinski definition) is 1. The predicted molar refractivity (Wildman–Crippen MR) is 93.6 cm³/mol. The maximum absolute atomic E-state index is 13.0. The molecule has 7 heteroatoms. The summed E-state index contributed by atoms with van der Waals surface area (Å²) >= 11 is 0. The lowest BCUT2D eigenvalue weighted by Gasteiger charge is -2.33. The first-order valence-corrected chi connectivity index (χ1v) is 8.37. The number of piperidine rings is 1. The molecule has 0 spiro atoms. The van der Waals surface area contributed by atoms with Crippen LogP contribution < -0.4 is 0 Å². The molecule has 0 aliphatic carbocycles. The van der Waals surface area contributed by atoms with Crippen molar-refractivity contribution in [3.05, 3.63) is 35.6 Å². The smallest absolute Gasteiger partial charge is 0.206 e. The quantitative estimate of drug-likeness (QED) is 0.290. The van der Waals surface area contributed by atoms with Crippen LogP contribution in [-0.2, 0) is 0 Å². The van der Waals surface area contributed by atoms with Crippen molar-refractivity contribution in [2.24, 2.45) is 5.92 Å². The molecule has 0 atom stereocenters. The van der Waals surface area contributed by atoms with Crippen molar-refractivity contribution < 1.29 is 9.18 Å². The first-order chi connectivity index (χ1) is 11.9. The zero-order chi connectivity index (χ0) is 18.4. The van der Waals surface area contributed by atoms with Gasteiger partial charge in [-0.05, 0) is 50.2 Å². The van der Waals surface area contributed by atoms with Gasteiger partial charge >= 0.3 is 0 Å². The number of nitrogens with one attached hydrogen (secondary N) is 1. The van der Waals surface area contributed by atoms with E-state index in [1.165, 1.54) is 17.0 Å². The summed E-state index contributed by atoms with van der Waals surface area (Å²) in [6, 6.07) is 5.75. The van der Waals surface area contributed by atoms with Gasteiger partial charge in [-0.25, -0.2) is 4.39 Å². The Morgan fingerprint density at radius 1 is 1.32 bits per heavy atom. The van der Waals surface area contributed by atoms with Crippen molar-refractivity contribution >= 4 is 11.7 Å². The van der Waals surface area contributed by atoms with Gasteiger partial charge in [-0.1, -0.05) is 0 Å². The van der Waals surface area contributed by atoms with Crippen LogP contribution in [0.3, 0.4) is 0 Å². The van der Waals surface area contributed by atoms with Gasteiger partial charge in [0.15, 0.2) is 12.0 Å². The number of carbonyl (C=O) groups excluding carboxylic acids is 1. The minimum absolute atomic E-state index is 0.0116. The molecule has 25 heavy (non-hydrogen) atoms. The SMILES string of the molecule is CN(C#N)C(=N)N(C)CCN1CCC(C(=O)c2ccc(F)cc2)CC1. The average molecular weight is 345 g/mol. The highest BCUT2D eigenvalue weighted by molar-refractivity contribution is 5.97. The first kappa shape index (κ1) is 18.9. The number of ketones is 1. The summed E-state index contributed by atoms with van der Waals surface area (Å²) in [6.07, 6.45) is 3.49. The zero-order valence-electron chi connectivity index (χ0n) is 14.7. The van der Waals surface area contributed by atoms with E-state index < -0.39 is 0 Å². The molecule has 134 valence electrons. The number of Topliss-reactive ketones (excluding diaryl/α,β-unsaturated/α-hetero) is 1. The second kappa shape index (κ2) is 8.58. The van der Waals surface area contributed by atoms with E-state index in [1.807, 2.05) is 6.19 Å². The summed E-state index contributed by atoms with van der Waals surface area (Å²) in [7, 11) is 3.35. The maximum Gasteiger partial charge on any atom is 0.206 e. The Morgan fingerprint density at radius 2 is 1.92 bits per heavy atom. The number of hydrogen-bond acceptors (Lipinski definition) is 4. The van der Waals surface area contributed by atoms with Gasteiger partial charge in [0, 0.05) is 38.7 Å². The van der Waals surface area contributed by atoms with Gasteiger partial charge in [-0.3, -0.25) is 15.1 Å². The van der Waals surface area contributed by atoms with E-state index in [4.69, 9.17) is 10.7 Å². The largest absolute Gasteiger partial charge is 0.344 e. The van der Waals surface area contributed by atoms with Crippen molar-refractivity contribution in [1.29, 1.82) is 10.7 Å². The monoisotopic (exact) mass is 345 g/mol. The van der Waals surface area contributed by atoms with Crippen LogP contribution in [0.15, 0.2) is 24.3 Å². The lowest BCUT2D eigenvalue weighted by molar-refractivity contribution is 0.0837. The topological polar surface area (TPSA) is 74.4 Å². The van der Waals surface area contributed by atoms with Crippen molar-refractivity contribution in [3.63, 3.8) is 0 Å². The van der Waals surface area contributed by atoms with E-state index in [9.17, 15) is 9.18 Å². The summed E-state index contributed by atoms with van der Waals surface area (Å²) < 4.78 is 13.0. The maximum atomic E-state index is 13.0. The molecule has 1 fully saturated rings. The Labute approximate surface area is 147 Å². The van der Waals surface area contributed by atoms with Crippen molar-refractivity contribution in [2.45, 2.75) is 12.8 Å². The lowest BCUT2D eigenvalue weighted by atomic mass is 9.89. The van der Waals surface area contributed by atoms with E-state index in [0.717, 1.165) is 32.5 Å². The molecule has 0 radical (unpaired) electrons. The van der Waals surface area contributed by atoms with Crippen LogP contribution in [0.5, 0.6) is 0 Å². The number of rotatable bonds is 5. The second-order valence-corrected chi connectivity index (χ2v) is 6.39. The van der Waals surface area contributed by atoms with Crippen LogP contribution >= 0.6 is 0 Å². The predicted octanol–water partition coefficient (Wildman–Crippen LogP) is 2.00. The van der Waals surface area contributed by atoms with Gasteiger partial charge in [-0.15, -0.1) is 0 Å². The van der Waals surface area contributed by atoms with Crippen molar-refractivity contribution in [3.8, 4) is 6.19 Å². The summed E-state index contributed by atoms with van der Waals surface area (Å²) in [5.41, 5.74) is 0.576. The normalized spacial score (nSPS) is 15.4. The van der Waals surface area contributed by atoms with Gasteiger partial charge in [0.25, 0.3) is 0 Å². The molecule has 0 saturated carbocycles. The lowest BCUT2D eigenvalue weighted by Crippen LogP contribution is -2.44. The Bertz CT molecular complexity index is 646. The summed E-state index contributed by atoms with van der Waals surface area (Å²) in [5.74, 6) is -0.0800. The fraction of sp³-hybridized carbons (Fsp3) is 0.500. The zero-order valence-corrected chi connectivity index (χ0v) is 14.7. The van der Waals surface area contributed by atoms with Gasteiger partial charge in [0.1, 0.15) is 5.82 Å². The molecule has 0 amide bonds. The van der Waals surface area contributed by atoms with Crippen LogP contribution in [0.4, 0.5) is 4.39 Å². The molecule has 1 saturated heterocycles. The number of benzene rings is 1. The van der Waals surface area contributed by atoms with Crippen molar-refractivity contribution in [1.82, 2.24) is 14.7 Å². The molecule has 1 heterocycles. The number of likely N-dealkylation sites (tertiary alicyclic amines) is 1. The van der Waals surface area contributed by atoms with Crippen molar-refractivity contribution in [2.75, 3.05) is 40.3 Å². The van der Waals surface area contributed by atoms with Gasteiger partial charge in [0.05, 0.1) is 0 Å². The Hall–Kier alpha value is -2.46. The highest BCUT2D eigenvalue weighted by Crippen LogP contribution is 2.22. The molecule has 0 aromatic heterocycles. The molecule has 0 unspecified atom stereocenters. The number of halogens is 1. The first-order valence-electron chi connectivity index (χ1n) is 8.37. The number of likely N-dealkylation sites (N-methyl/N-ethyl adjacent to an activating group) is 1. The number of carbonyl (C=O) groups is 1. The average Bonchev–Trinajstić information content (AvgIpc) is 2.65. The van der Waals surface area contributed by atoms with Crippen LogP contribution in [0.25, 0.3) is 0 Å². The van der Waals surface area contributed by atoms with E-state index in [0.29, 0.717) is 12.1 Å². The third kappa shape index (κ3) is 5.00. The summed E-state index contributed by atoms with van der Waals surface area (Å²) in [4.78, 5) is 17.7. The van der Waals surface area contributed by atoms with Crippen LogP contribution in [0.1, 0.15) is 23.2 Å². The fourth-order valence-electron chi connectivity index (χ4n) is 2.97.